The fourth-order valence-corrected chi connectivity index (χ4v) is 1.37. The molecule has 1 aromatic rings. The molecule has 0 saturated heterocycles. The first-order chi connectivity index (χ1) is 6.52. The summed E-state index contributed by atoms with van der Waals surface area (Å²) in [6.07, 6.45) is -0.275. The van der Waals surface area contributed by atoms with Crippen molar-refractivity contribution in [2.24, 2.45) is 5.73 Å². The number of nitrogens with two attached hydrogens (primary N) is 1. The second-order valence-corrected chi connectivity index (χ2v) is 3.23. The Hall–Kier alpha value is -1.13. The Balaban J connectivity index is 2.95. The molecule has 3 N–H and O–H groups in total. The molecule has 0 bridgehead atoms. The molecular formula is C9H9ClFNO2. The molecule has 0 heterocycles. The third-order valence-corrected chi connectivity index (χ3v) is 2.17. The van der Waals surface area contributed by atoms with Crippen molar-refractivity contribution >= 4 is 17.6 Å². The van der Waals surface area contributed by atoms with E-state index >= 15 is 0 Å². The van der Waals surface area contributed by atoms with Crippen LogP contribution in [0.3, 0.4) is 0 Å². The van der Waals surface area contributed by atoms with Gasteiger partial charge in [-0.25, -0.2) is 4.39 Å². The largest absolute Gasteiger partial charge is 0.481 e. The summed E-state index contributed by atoms with van der Waals surface area (Å²) in [6, 6.07) is 3.37. The summed E-state index contributed by atoms with van der Waals surface area (Å²) in [4.78, 5) is 10.4. The van der Waals surface area contributed by atoms with Gasteiger partial charge in [-0.15, -0.1) is 0 Å². The quantitative estimate of drug-likeness (QED) is 0.814. The van der Waals surface area contributed by atoms with Gasteiger partial charge in [0.1, 0.15) is 5.82 Å². The van der Waals surface area contributed by atoms with Crippen LogP contribution in [0.25, 0.3) is 0 Å². The number of hydrogen-bond acceptors (Lipinski definition) is 2. The van der Waals surface area contributed by atoms with Crippen molar-refractivity contribution < 1.29 is 14.3 Å². The van der Waals surface area contributed by atoms with Crippen LogP contribution < -0.4 is 5.73 Å². The van der Waals surface area contributed by atoms with Gasteiger partial charge in [-0.2, -0.15) is 0 Å². The first kappa shape index (κ1) is 10.9. The van der Waals surface area contributed by atoms with Crippen molar-refractivity contribution in [3.63, 3.8) is 0 Å². The van der Waals surface area contributed by atoms with Crippen LogP contribution in [0.15, 0.2) is 18.2 Å². The lowest BCUT2D eigenvalue weighted by molar-refractivity contribution is -0.137. The van der Waals surface area contributed by atoms with Crippen molar-refractivity contribution in [1.82, 2.24) is 0 Å². The average molecular weight is 218 g/mol. The van der Waals surface area contributed by atoms with Crippen LogP contribution in [0, 0.1) is 5.82 Å². The smallest absolute Gasteiger partial charge is 0.305 e. The van der Waals surface area contributed by atoms with Crippen molar-refractivity contribution in [2.45, 2.75) is 12.5 Å². The number of carbonyl (C=O) groups is 1. The Morgan fingerprint density at radius 1 is 1.64 bits per heavy atom. The van der Waals surface area contributed by atoms with E-state index in [1.54, 1.807) is 0 Å². The third-order valence-electron chi connectivity index (χ3n) is 1.78. The van der Waals surface area contributed by atoms with Crippen LogP contribution in [-0.4, -0.2) is 11.1 Å². The topological polar surface area (TPSA) is 63.3 Å². The number of rotatable bonds is 3. The van der Waals surface area contributed by atoms with Gasteiger partial charge in [-0.05, 0) is 11.6 Å². The minimum Gasteiger partial charge on any atom is -0.481 e. The zero-order valence-corrected chi connectivity index (χ0v) is 7.96. The maximum absolute atomic E-state index is 12.9. The molecular weight excluding hydrogens is 209 g/mol. The Kier molecular flexibility index (Phi) is 3.43. The molecule has 5 heteroatoms. The fraction of sp³-hybridized carbons (Fsp3) is 0.222. The minimum absolute atomic E-state index is 0.110. The predicted octanol–water partition coefficient (Wildman–Crippen LogP) is 1.95. The van der Waals surface area contributed by atoms with Crippen LogP contribution in [0.1, 0.15) is 18.0 Å². The highest BCUT2D eigenvalue weighted by atomic mass is 35.5. The van der Waals surface area contributed by atoms with Gasteiger partial charge in [0.15, 0.2) is 0 Å². The summed E-state index contributed by atoms with van der Waals surface area (Å²) < 4.78 is 12.9. The lowest BCUT2D eigenvalue weighted by Crippen LogP contribution is -2.15. The van der Waals surface area contributed by atoms with E-state index in [9.17, 15) is 9.18 Å². The number of aliphatic carboxylic acids is 1. The third kappa shape index (κ3) is 2.43. The van der Waals surface area contributed by atoms with E-state index in [0.29, 0.717) is 5.56 Å². The van der Waals surface area contributed by atoms with Gasteiger partial charge in [0.2, 0.25) is 0 Å². The molecule has 0 saturated carbocycles. The second kappa shape index (κ2) is 4.39. The highest BCUT2D eigenvalue weighted by molar-refractivity contribution is 6.31. The summed E-state index contributed by atoms with van der Waals surface area (Å²) in [6.45, 7) is 0. The Morgan fingerprint density at radius 3 is 2.86 bits per heavy atom. The Labute approximate surface area is 85.3 Å². The monoisotopic (exact) mass is 217 g/mol. The molecule has 0 amide bonds. The number of hydrogen-bond donors (Lipinski definition) is 2. The zero-order chi connectivity index (χ0) is 10.7. The molecule has 0 fully saturated rings. The first-order valence-corrected chi connectivity index (χ1v) is 4.31. The van der Waals surface area contributed by atoms with Gasteiger partial charge in [0.05, 0.1) is 11.4 Å². The van der Waals surface area contributed by atoms with Crippen molar-refractivity contribution in [3.05, 3.63) is 34.6 Å². The Morgan fingerprint density at radius 2 is 2.29 bits per heavy atom. The van der Waals surface area contributed by atoms with Gasteiger partial charge >= 0.3 is 5.97 Å². The molecule has 0 aliphatic carbocycles. The summed E-state index contributed by atoms with van der Waals surface area (Å²) in [7, 11) is 0. The van der Waals surface area contributed by atoms with Crippen LogP contribution in [0.5, 0.6) is 0 Å². The summed E-state index contributed by atoms with van der Waals surface area (Å²) in [5, 5.41) is 8.38. The van der Waals surface area contributed by atoms with Gasteiger partial charge in [0, 0.05) is 6.04 Å². The first-order valence-electron chi connectivity index (χ1n) is 3.93. The van der Waals surface area contributed by atoms with E-state index in [1.807, 2.05) is 0 Å². The molecule has 1 atom stereocenters. The van der Waals surface area contributed by atoms with Gasteiger partial charge in [-0.1, -0.05) is 23.7 Å². The molecule has 0 radical (unpaired) electrons. The van der Waals surface area contributed by atoms with E-state index < -0.39 is 17.8 Å². The molecule has 0 aliphatic heterocycles. The summed E-state index contributed by atoms with van der Waals surface area (Å²) in [5.41, 5.74) is 5.85. The van der Waals surface area contributed by atoms with Gasteiger partial charge in [0.25, 0.3) is 0 Å². The van der Waals surface area contributed by atoms with E-state index in [-0.39, 0.29) is 11.4 Å². The van der Waals surface area contributed by atoms with E-state index in [0.717, 1.165) is 0 Å². The predicted molar refractivity (Wildman–Crippen MR) is 50.6 cm³/mol. The van der Waals surface area contributed by atoms with Crippen LogP contribution in [-0.2, 0) is 4.79 Å². The SMILES string of the molecule is N[C@@H](CC(=O)O)c1cccc(F)c1Cl. The normalized spacial score (nSPS) is 12.5. The van der Waals surface area contributed by atoms with Crippen molar-refractivity contribution in [1.29, 1.82) is 0 Å². The lowest BCUT2D eigenvalue weighted by Gasteiger charge is -2.11. The Bertz CT molecular complexity index is 357. The van der Waals surface area contributed by atoms with Crippen molar-refractivity contribution in [2.75, 3.05) is 0 Å². The molecule has 1 aromatic carbocycles. The number of benzene rings is 1. The highest BCUT2D eigenvalue weighted by Crippen LogP contribution is 2.25. The number of carboxylic acid groups (broad SMARTS) is 1. The molecule has 76 valence electrons. The summed E-state index contributed by atoms with van der Waals surface area (Å²) >= 11 is 5.62. The van der Waals surface area contributed by atoms with Crippen LogP contribution in [0.2, 0.25) is 5.02 Å². The van der Waals surface area contributed by atoms with Crippen molar-refractivity contribution in [3.8, 4) is 0 Å². The van der Waals surface area contributed by atoms with E-state index in [2.05, 4.69) is 0 Å². The van der Waals surface area contributed by atoms with Gasteiger partial charge in [-0.3, -0.25) is 4.79 Å². The molecule has 0 aromatic heterocycles. The number of carboxylic acids is 1. The maximum atomic E-state index is 12.9. The molecule has 0 aliphatic rings. The molecule has 1 rings (SSSR count). The minimum atomic E-state index is -1.04. The van der Waals surface area contributed by atoms with E-state index in [4.69, 9.17) is 22.4 Å². The molecule has 14 heavy (non-hydrogen) atoms. The molecule has 0 unspecified atom stereocenters. The fourth-order valence-electron chi connectivity index (χ4n) is 1.10. The van der Waals surface area contributed by atoms with E-state index in [1.165, 1.54) is 18.2 Å². The second-order valence-electron chi connectivity index (χ2n) is 2.85. The molecule has 0 spiro atoms. The number of halogens is 2. The lowest BCUT2D eigenvalue weighted by atomic mass is 10.0. The average Bonchev–Trinajstić information content (AvgIpc) is 2.08. The van der Waals surface area contributed by atoms with Gasteiger partial charge < -0.3 is 10.8 Å². The van der Waals surface area contributed by atoms with Crippen LogP contribution in [0.4, 0.5) is 4.39 Å². The highest BCUT2D eigenvalue weighted by Gasteiger charge is 2.15. The summed E-state index contributed by atoms with van der Waals surface area (Å²) in [5.74, 6) is -1.64. The standard InChI is InChI=1S/C9H9ClFNO2/c10-9-5(2-1-3-6(9)11)7(12)4-8(13)14/h1-3,7H,4,12H2,(H,13,14)/t7-/m0/s1. The molecule has 3 nitrogen and oxygen atoms in total. The zero-order valence-electron chi connectivity index (χ0n) is 7.21. The van der Waals surface area contributed by atoms with Crippen LogP contribution >= 0.6 is 11.6 Å². The maximum Gasteiger partial charge on any atom is 0.305 e.